The summed E-state index contributed by atoms with van der Waals surface area (Å²) < 4.78 is 0.773. The fraction of sp³-hybridized carbons (Fsp3) is 0.455. The van der Waals surface area contributed by atoms with Crippen LogP contribution in [0.15, 0.2) is 11.2 Å². The fourth-order valence-corrected chi connectivity index (χ4v) is 3.76. The monoisotopic (exact) mass is 321 g/mol. The highest BCUT2D eigenvalue weighted by molar-refractivity contribution is 7.20. The Bertz CT molecular complexity index is 524. The van der Waals surface area contributed by atoms with E-state index in [1.165, 1.54) is 6.07 Å². The fourth-order valence-electron chi connectivity index (χ4n) is 2.30. The molecule has 1 aliphatic carbocycles. The lowest BCUT2D eigenvalue weighted by atomic mass is 9.95. The molecule has 104 valence electrons. The number of amidine groups is 1. The Kier molecular flexibility index (Phi) is 4.23. The molecule has 8 heteroatoms. The maximum Gasteiger partial charge on any atom is 0.254 e. The molecule has 1 fully saturated rings. The Hall–Kier alpha value is -0.980. The minimum atomic E-state index is -0.788. The maximum atomic E-state index is 12.2. The van der Waals surface area contributed by atoms with Crippen LogP contribution in [0.25, 0.3) is 0 Å². The highest BCUT2D eigenvalue weighted by atomic mass is 35.5. The summed E-state index contributed by atoms with van der Waals surface area (Å²) in [7, 11) is 0. The second kappa shape index (κ2) is 5.56. The van der Waals surface area contributed by atoms with Gasteiger partial charge in [-0.2, -0.15) is 0 Å². The summed E-state index contributed by atoms with van der Waals surface area (Å²) in [6, 6.07) is 1.51. The third-order valence-electron chi connectivity index (χ3n) is 3.31. The Morgan fingerprint density at radius 3 is 2.58 bits per heavy atom. The predicted octanol–water partition coefficient (Wildman–Crippen LogP) is 2.84. The highest BCUT2D eigenvalue weighted by Crippen LogP contribution is 2.34. The molecule has 0 radical (unpaired) electrons. The first kappa shape index (κ1) is 14.4. The molecule has 0 spiro atoms. The minimum Gasteiger partial charge on any atom is -0.409 e. The van der Waals surface area contributed by atoms with Crippen LogP contribution in [-0.4, -0.2) is 22.5 Å². The van der Waals surface area contributed by atoms with Gasteiger partial charge in [0.1, 0.15) is 9.88 Å². The predicted molar refractivity (Wildman–Crippen MR) is 76.4 cm³/mol. The van der Waals surface area contributed by atoms with Crippen LogP contribution in [0.5, 0.6) is 0 Å². The molecule has 1 aromatic heterocycles. The number of nitrogens with one attached hydrogen (secondary N) is 1. The van der Waals surface area contributed by atoms with E-state index < -0.39 is 5.54 Å². The molecule has 0 aliphatic heterocycles. The van der Waals surface area contributed by atoms with Crippen molar-refractivity contribution in [1.29, 1.82) is 0 Å². The topological polar surface area (TPSA) is 87.7 Å². The molecule has 1 heterocycles. The molecule has 0 unspecified atom stereocenters. The summed E-state index contributed by atoms with van der Waals surface area (Å²) in [6.45, 7) is 0. The second-order valence-electron chi connectivity index (χ2n) is 4.47. The van der Waals surface area contributed by atoms with E-state index in [-0.39, 0.29) is 11.7 Å². The second-order valence-corrected chi connectivity index (χ2v) is 6.75. The first-order valence-corrected chi connectivity index (χ1v) is 7.31. The van der Waals surface area contributed by atoms with Gasteiger partial charge >= 0.3 is 0 Å². The van der Waals surface area contributed by atoms with Gasteiger partial charge in [0.2, 0.25) is 0 Å². The zero-order chi connectivity index (χ0) is 14.0. The molecule has 0 aromatic carbocycles. The number of amides is 1. The number of nitrogens with zero attached hydrogens (tertiary/aromatic N) is 1. The number of oxime groups is 1. The van der Waals surface area contributed by atoms with Gasteiger partial charge in [0.15, 0.2) is 5.84 Å². The van der Waals surface area contributed by atoms with E-state index in [1.807, 2.05) is 0 Å². The van der Waals surface area contributed by atoms with Gasteiger partial charge in [0.25, 0.3) is 5.91 Å². The van der Waals surface area contributed by atoms with E-state index in [0.29, 0.717) is 27.1 Å². The average Bonchev–Trinajstić information content (AvgIpc) is 2.96. The standard InChI is InChI=1S/C11H13Cl2N3O2S/c12-7-5-6(8(13)19-7)9(17)15-11(10(14)16-18)3-1-2-4-11/h5,18H,1-4H2,(H2,14,16)(H,15,17). The van der Waals surface area contributed by atoms with Crippen molar-refractivity contribution in [3.8, 4) is 0 Å². The molecule has 1 aromatic rings. The van der Waals surface area contributed by atoms with Gasteiger partial charge in [0, 0.05) is 0 Å². The van der Waals surface area contributed by atoms with Crippen LogP contribution < -0.4 is 11.1 Å². The van der Waals surface area contributed by atoms with E-state index in [0.717, 1.165) is 24.2 Å². The molecular formula is C11H13Cl2N3O2S. The number of hydrogen-bond acceptors (Lipinski definition) is 4. The smallest absolute Gasteiger partial charge is 0.254 e. The van der Waals surface area contributed by atoms with E-state index in [1.54, 1.807) is 0 Å². The number of halogens is 2. The third-order valence-corrected chi connectivity index (χ3v) is 4.80. The molecule has 0 saturated heterocycles. The first-order chi connectivity index (χ1) is 8.98. The summed E-state index contributed by atoms with van der Waals surface area (Å²) in [5.74, 6) is -0.336. The van der Waals surface area contributed by atoms with Crippen molar-refractivity contribution in [3.63, 3.8) is 0 Å². The van der Waals surface area contributed by atoms with E-state index >= 15 is 0 Å². The number of nitrogens with two attached hydrogens (primary N) is 1. The van der Waals surface area contributed by atoms with Crippen molar-refractivity contribution >= 4 is 46.3 Å². The van der Waals surface area contributed by atoms with Crippen molar-refractivity contribution in [1.82, 2.24) is 5.32 Å². The summed E-state index contributed by atoms with van der Waals surface area (Å²) in [6.07, 6.45) is 3.11. The molecular weight excluding hydrogens is 309 g/mol. The van der Waals surface area contributed by atoms with E-state index in [4.69, 9.17) is 34.1 Å². The zero-order valence-corrected chi connectivity index (χ0v) is 12.3. The number of rotatable bonds is 3. The van der Waals surface area contributed by atoms with Gasteiger partial charge in [-0.05, 0) is 18.9 Å². The van der Waals surface area contributed by atoms with E-state index in [9.17, 15) is 4.79 Å². The normalized spacial score (nSPS) is 18.5. The SMILES string of the molecule is N/C(=N/O)C1(NC(=O)c2cc(Cl)sc2Cl)CCCC1. The van der Waals surface area contributed by atoms with Crippen molar-refractivity contribution < 1.29 is 10.0 Å². The van der Waals surface area contributed by atoms with Gasteiger partial charge in [-0.1, -0.05) is 41.2 Å². The van der Waals surface area contributed by atoms with Crippen molar-refractivity contribution in [2.24, 2.45) is 10.9 Å². The van der Waals surface area contributed by atoms with Crippen LogP contribution in [0.3, 0.4) is 0 Å². The van der Waals surface area contributed by atoms with Crippen LogP contribution in [0, 0.1) is 0 Å². The lowest BCUT2D eigenvalue weighted by molar-refractivity contribution is 0.0923. The van der Waals surface area contributed by atoms with Gasteiger partial charge in [0.05, 0.1) is 9.90 Å². The van der Waals surface area contributed by atoms with Crippen LogP contribution in [0.2, 0.25) is 8.67 Å². The van der Waals surface area contributed by atoms with E-state index in [2.05, 4.69) is 10.5 Å². The largest absolute Gasteiger partial charge is 0.409 e. The zero-order valence-electron chi connectivity index (χ0n) is 9.95. The quantitative estimate of drug-likeness (QED) is 0.346. The summed E-state index contributed by atoms with van der Waals surface area (Å²) in [4.78, 5) is 12.2. The number of hydrogen-bond donors (Lipinski definition) is 3. The molecule has 0 atom stereocenters. The highest BCUT2D eigenvalue weighted by Gasteiger charge is 2.40. The Morgan fingerprint density at radius 2 is 2.11 bits per heavy atom. The Labute approximate surface area is 124 Å². The number of thiophene rings is 1. The van der Waals surface area contributed by atoms with Crippen LogP contribution >= 0.6 is 34.5 Å². The maximum absolute atomic E-state index is 12.2. The summed E-state index contributed by atoms with van der Waals surface area (Å²) in [5, 5.41) is 14.7. The molecule has 2 rings (SSSR count). The Morgan fingerprint density at radius 1 is 1.47 bits per heavy atom. The van der Waals surface area contributed by atoms with Crippen molar-refractivity contribution in [2.75, 3.05) is 0 Å². The van der Waals surface area contributed by atoms with Crippen LogP contribution in [-0.2, 0) is 0 Å². The van der Waals surface area contributed by atoms with Gasteiger partial charge < -0.3 is 16.3 Å². The molecule has 1 aliphatic rings. The minimum absolute atomic E-state index is 0.0239. The summed E-state index contributed by atoms with van der Waals surface area (Å²) in [5.41, 5.74) is 5.24. The first-order valence-electron chi connectivity index (χ1n) is 5.74. The number of carbonyl (C=O) groups is 1. The molecule has 4 N–H and O–H groups in total. The summed E-state index contributed by atoms with van der Waals surface area (Å²) >= 11 is 12.9. The Balaban J connectivity index is 2.23. The van der Waals surface area contributed by atoms with Gasteiger partial charge in [-0.15, -0.1) is 11.3 Å². The lowest BCUT2D eigenvalue weighted by Crippen LogP contribution is -2.55. The van der Waals surface area contributed by atoms with Gasteiger partial charge in [-0.3, -0.25) is 4.79 Å². The molecule has 1 amide bonds. The van der Waals surface area contributed by atoms with Gasteiger partial charge in [-0.25, -0.2) is 0 Å². The molecule has 19 heavy (non-hydrogen) atoms. The molecule has 5 nitrogen and oxygen atoms in total. The lowest BCUT2D eigenvalue weighted by Gasteiger charge is -2.28. The third kappa shape index (κ3) is 2.80. The van der Waals surface area contributed by atoms with Crippen LogP contribution in [0.4, 0.5) is 0 Å². The molecule has 0 bridgehead atoms. The van der Waals surface area contributed by atoms with Crippen LogP contribution in [0.1, 0.15) is 36.0 Å². The molecule has 1 saturated carbocycles. The van der Waals surface area contributed by atoms with Crippen molar-refractivity contribution in [2.45, 2.75) is 31.2 Å². The van der Waals surface area contributed by atoms with Crippen molar-refractivity contribution in [3.05, 3.63) is 20.3 Å². The number of carbonyl (C=O) groups excluding carboxylic acids is 1. The average molecular weight is 322 g/mol.